The molecule has 30 heavy (non-hydrogen) atoms. The fraction of sp³-hybridized carbons (Fsp3) is 0.417. The van der Waals surface area contributed by atoms with E-state index < -0.39 is 0 Å². The van der Waals surface area contributed by atoms with Gasteiger partial charge in [0.05, 0.1) is 12.2 Å². The number of amides is 1. The Morgan fingerprint density at radius 3 is 3.13 bits per heavy atom. The van der Waals surface area contributed by atoms with E-state index in [1.165, 1.54) is 35.7 Å². The van der Waals surface area contributed by atoms with Gasteiger partial charge >= 0.3 is 0 Å². The first kappa shape index (κ1) is 19.3. The van der Waals surface area contributed by atoms with Crippen LogP contribution in [0, 0.1) is 6.92 Å². The molecule has 0 bridgehead atoms. The number of aryl methyl sites for hydroxylation is 1. The number of para-hydroxylation sites is 1. The molecule has 0 radical (unpaired) electrons. The Morgan fingerprint density at radius 1 is 1.30 bits per heavy atom. The summed E-state index contributed by atoms with van der Waals surface area (Å²) < 4.78 is 0. The van der Waals surface area contributed by atoms with Crippen molar-refractivity contribution in [1.29, 1.82) is 0 Å². The van der Waals surface area contributed by atoms with Crippen molar-refractivity contribution in [3.8, 4) is 0 Å². The van der Waals surface area contributed by atoms with E-state index in [1.807, 2.05) is 19.2 Å². The molecule has 2 aliphatic rings. The van der Waals surface area contributed by atoms with Crippen molar-refractivity contribution in [3.05, 3.63) is 65.6 Å². The Balaban J connectivity index is 1.24. The first-order valence-corrected chi connectivity index (χ1v) is 10.9. The zero-order valence-corrected chi connectivity index (χ0v) is 17.4. The summed E-state index contributed by atoms with van der Waals surface area (Å²) in [5, 5.41) is 8.02. The molecule has 5 rings (SSSR count). The summed E-state index contributed by atoms with van der Waals surface area (Å²) in [6, 6.07) is 11.1. The quantitative estimate of drug-likeness (QED) is 0.552. The second kappa shape index (κ2) is 7.85. The number of carbonyl (C=O) groups is 1. The van der Waals surface area contributed by atoms with Crippen LogP contribution < -0.4 is 10.6 Å². The SMILES string of the molecule is Cc1cncc(C(=O)NCNC23CCCC2N(Cc2cccc4cc[nH]c24)CC3)c1. The van der Waals surface area contributed by atoms with Gasteiger partial charge in [0.15, 0.2) is 0 Å². The van der Waals surface area contributed by atoms with Crippen LogP contribution in [0.3, 0.4) is 0 Å². The van der Waals surface area contributed by atoms with Crippen molar-refractivity contribution in [3.63, 3.8) is 0 Å². The van der Waals surface area contributed by atoms with Crippen molar-refractivity contribution in [1.82, 2.24) is 25.5 Å². The minimum atomic E-state index is -0.0714. The predicted octanol–water partition coefficient (Wildman–Crippen LogP) is 3.35. The van der Waals surface area contributed by atoms with E-state index in [1.54, 1.807) is 12.4 Å². The third kappa shape index (κ3) is 3.50. The van der Waals surface area contributed by atoms with Gasteiger partial charge < -0.3 is 10.3 Å². The Hall–Kier alpha value is -2.70. The Morgan fingerprint density at radius 2 is 2.23 bits per heavy atom. The normalized spacial score (nSPS) is 23.7. The van der Waals surface area contributed by atoms with E-state index in [9.17, 15) is 4.79 Å². The molecule has 3 aromatic rings. The summed E-state index contributed by atoms with van der Waals surface area (Å²) in [4.78, 5) is 22.6. The summed E-state index contributed by atoms with van der Waals surface area (Å²) in [5.74, 6) is -0.0714. The number of pyridine rings is 1. The largest absolute Gasteiger partial charge is 0.361 e. The molecule has 2 atom stereocenters. The average molecular weight is 404 g/mol. The van der Waals surface area contributed by atoms with Gasteiger partial charge in [-0.1, -0.05) is 18.2 Å². The summed E-state index contributed by atoms with van der Waals surface area (Å²) in [7, 11) is 0. The highest BCUT2D eigenvalue weighted by Crippen LogP contribution is 2.42. The Bertz CT molecular complexity index is 1060. The number of H-pyrrole nitrogens is 1. The molecular formula is C24H29N5O. The van der Waals surface area contributed by atoms with Crippen molar-refractivity contribution in [2.45, 2.75) is 50.7 Å². The number of carbonyl (C=O) groups excluding carboxylic acids is 1. The van der Waals surface area contributed by atoms with Gasteiger partial charge in [0, 0.05) is 48.8 Å². The lowest BCUT2D eigenvalue weighted by molar-refractivity contribution is 0.0942. The second-order valence-corrected chi connectivity index (χ2v) is 8.75. The molecule has 1 aromatic carbocycles. The topological polar surface area (TPSA) is 73.1 Å². The number of aromatic nitrogens is 2. The number of rotatable bonds is 6. The maximum absolute atomic E-state index is 12.5. The number of nitrogens with zero attached hydrogens (tertiary/aromatic N) is 2. The van der Waals surface area contributed by atoms with Crippen molar-refractivity contribution < 1.29 is 4.79 Å². The maximum Gasteiger partial charge on any atom is 0.253 e. The number of hydrogen-bond donors (Lipinski definition) is 3. The monoisotopic (exact) mass is 403 g/mol. The molecule has 6 nitrogen and oxygen atoms in total. The lowest BCUT2D eigenvalue weighted by Gasteiger charge is -2.34. The molecule has 1 aliphatic carbocycles. The number of aromatic amines is 1. The molecular weight excluding hydrogens is 374 g/mol. The summed E-state index contributed by atoms with van der Waals surface area (Å²) in [5.41, 5.74) is 4.32. The van der Waals surface area contributed by atoms with E-state index in [-0.39, 0.29) is 11.4 Å². The average Bonchev–Trinajstić information content (AvgIpc) is 3.45. The van der Waals surface area contributed by atoms with Crippen LogP contribution in [0.1, 0.15) is 47.2 Å². The van der Waals surface area contributed by atoms with E-state index in [0.29, 0.717) is 18.3 Å². The summed E-state index contributed by atoms with van der Waals surface area (Å²) >= 11 is 0. The van der Waals surface area contributed by atoms with Gasteiger partial charge in [0.1, 0.15) is 0 Å². The van der Waals surface area contributed by atoms with Gasteiger partial charge in [-0.3, -0.25) is 20.0 Å². The van der Waals surface area contributed by atoms with Crippen molar-refractivity contribution in [2.24, 2.45) is 0 Å². The van der Waals surface area contributed by atoms with Crippen LogP contribution >= 0.6 is 0 Å². The van der Waals surface area contributed by atoms with Crippen LogP contribution in [-0.4, -0.2) is 45.6 Å². The molecule has 2 unspecified atom stereocenters. The molecule has 156 valence electrons. The molecule has 1 saturated heterocycles. The van der Waals surface area contributed by atoms with Crippen LogP contribution in [0.15, 0.2) is 48.9 Å². The minimum Gasteiger partial charge on any atom is -0.361 e. The number of likely N-dealkylation sites (tertiary alicyclic amines) is 1. The van der Waals surface area contributed by atoms with Crippen LogP contribution in [0.5, 0.6) is 0 Å². The summed E-state index contributed by atoms with van der Waals surface area (Å²) in [6.45, 7) is 4.49. The molecule has 3 N–H and O–H groups in total. The van der Waals surface area contributed by atoms with E-state index in [0.717, 1.165) is 25.1 Å². The lowest BCUT2D eigenvalue weighted by Crippen LogP contribution is -2.54. The van der Waals surface area contributed by atoms with Gasteiger partial charge in [-0.15, -0.1) is 0 Å². The number of hydrogen-bond acceptors (Lipinski definition) is 4. The number of fused-ring (bicyclic) bond motifs is 2. The van der Waals surface area contributed by atoms with E-state index >= 15 is 0 Å². The molecule has 3 heterocycles. The van der Waals surface area contributed by atoms with Crippen LogP contribution in [0.2, 0.25) is 0 Å². The highest BCUT2D eigenvalue weighted by atomic mass is 16.1. The van der Waals surface area contributed by atoms with Gasteiger partial charge in [0.2, 0.25) is 0 Å². The standard InChI is InChI=1S/C24H29N5O/c1-17-12-20(14-25-13-17)23(30)27-16-28-24-8-3-6-21(24)29(11-9-24)15-19-5-2-4-18-7-10-26-22(18)19/h2,4-5,7,10,12-14,21,26,28H,3,6,8-9,11,15-16H2,1H3,(H,27,30). The highest BCUT2D eigenvalue weighted by Gasteiger charge is 2.49. The van der Waals surface area contributed by atoms with Gasteiger partial charge in [0.25, 0.3) is 5.91 Å². The maximum atomic E-state index is 12.5. The Labute approximate surface area is 177 Å². The van der Waals surface area contributed by atoms with Gasteiger partial charge in [-0.25, -0.2) is 0 Å². The number of nitrogens with one attached hydrogen (secondary N) is 3. The molecule has 6 heteroatoms. The van der Waals surface area contributed by atoms with Crippen molar-refractivity contribution >= 4 is 16.8 Å². The fourth-order valence-corrected chi connectivity index (χ4v) is 5.44. The van der Waals surface area contributed by atoms with E-state index in [4.69, 9.17) is 0 Å². The number of benzene rings is 1. The van der Waals surface area contributed by atoms with Gasteiger partial charge in [-0.2, -0.15) is 0 Å². The third-order valence-electron chi connectivity index (χ3n) is 6.90. The van der Waals surface area contributed by atoms with E-state index in [2.05, 4.69) is 49.8 Å². The van der Waals surface area contributed by atoms with Crippen molar-refractivity contribution in [2.75, 3.05) is 13.2 Å². The molecule has 1 saturated carbocycles. The van der Waals surface area contributed by atoms with Crippen LogP contribution in [0.25, 0.3) is 10.9 Å². The fourth-order valence-electron chi connectivity index (χ4n) is 5.44. The lowest BCUT2D eigenvalue weighted by atomic mass is 9.93. The summed E-state index contributed by atoms with van der Waals surface area (Å²) in [6.07, 6.45) is 10.1. The molecule has 1 amide bonds. The third-order valence-corrected chi connectivity index (χ3v) is 6.90. The van der Waals surface area contributed by atoms with Gasteiger partial charge in [-0.05, 0) is 61.3 Å². The predicted molar refractivity (Wildman–Crippen MR) is 118 cm³/mol. The molecule has 1 aliphatic heterocycles. The zero-order chi connectivity index (χ0) is 20.6. The molecule has 2 fully saturated rings. The van der Waals surface area contributed by atoms with Crippen LogP contribution in [-0.2, 0) is 6.54 Å². The minimum absolute atomic E-state index is 0.0714. The second-order valence-electron chi connectivity index (χ2n) is 8.75. The van der Waals surface area contributed by atoms with Crippen LogP contribution in [0.4, 0.5) is 0 Å². The zero-order valence-electron chi connectivity index (χ0n) is 17.4. The molecule has 2 aromatic heterocycles. The Kier molecular flexibility index (Phi) is 5.05. The smallest absolute Gasteiger partial charge is 0.253 e. The first-order valence-electron chi connectivity index (χ1n) is 10.9. The highest BCUT2D eigenvalue weighted by molar-refractivity contribution is 5.93. The molecule has 0 spiro atoms. The first-order chi connectivity index (χ1) is 14.6.